The van der Waals surface area contributed by atoms with Crippen LogP contribution in [0.25, 0.3) is 10.8 Å². The second-order valence-corrected chi connectivity index (χ2v) is 5.44. The summed E-state index contributed by atoms with van der Waals surface area (Å²) in [5.41, 5.74) is 0. The van der Waals surface area contributed by atoms with Crippen LogP contribution in [-0.4, -0.2) is 27.5 Å². The summed E-state index contributed by atoms with van der Waals surface area (Å²) in [6.07, 6.45) is 0. The van der Waals surface area contributed by atoms with Crippen molar-refractivity contribution in [2.24, 2.45) is 0 Å². The quantitative estimate of drug-likeness (QED) is 0.576. The molecule has 0 saturated carbocycles. The van der Waals surface area contributed by atoms with Gasteiger partial charge in [-0.1, -0.05) is 48.2 Å². The highest BCUT2D eigenvalue weighted by atomic mass is 32.2. The lowest BCUT2D eigenvalue weighted by molar-refractivity contribution is 0.348. The van der Waals surface area contributed by atoms with Gasteiger partial charge in [-0.05, 0) is 18.4 Å². The van der Waals surface area contributed by atoms with Crippen LogP contribution in [0.4, 0.5) is 0 Å². The van der Waals surface area contributed by atoms with Crippen molar-refractivity contribution >= 4 is 22.5 Å². The first-order valence-corrected chi connectivity index (χ1v) is 7.44. The third kappa shape index (κ3) is 2.93. The van der Waals surface area contributed by atoms with Gasteiger partial charge in [-0.3, -0.25) is 5.10 Å². The van der Waals surface area contributed by atoms with Gasteiger partial charge >= 0.3 is 0 Å². The average molecular weight is 285 g/mol. The molecule has 0 bridgehead atoms. The van der Waals surface area contributed by atoms with Crippen molar-refractivity contribution in [1.82, 2.24) is 15.2 Å². The molecule has 0 aliphatic heterocycles. The van der Waals surface area contributed by atoms with E-state index in [0.717, 1.165) is 27.9 Å². The lowest BCUT2D eigenvalue weighted by atomic mass is 10.1. The molecule has 1 N–H and O–H groups in total. The topological polar surface area (TPSA) is 50.8 Å². The first kappa shape index (κ1) is 13.0. The Labute approximate surface area is 121 Å². The van der Waals surface area contributed by atoms with Crippen molar-refractivity contribution in [1.29, 1.82) is 0 Å². The second-order valence-electron chi connectivity index (χ2n) is 4.38. The van der Waals surface area contributed by atoms with E-state index in [2.05, 4.69) is 33.4 Å². The van der Waals surface area contributed by atoms with E-state index in [4.69, 9.17) is 4.74 Å². The van der Waals surface area contributed by atoms with E-state index in [-0.39, 0.29) is 0 Å². The van der Waals surface area contributed by atoms with Crippen LogP contribution in [0.15, 0.2) is 47.6 Å². The summed E-state index contributed by atoms with van der Waals surface area (Å²) < 4.78 is 5.86. The van der Waals surface area contributed by atoms with E-state index in [9.17, 15) is 0 Å². The number of H-pyrrole nitrogens is 1. The van der Waals surface area contributed by atoms with Crippen LogP contribution >= 0.6 is 11.8 Å². The Kier molecular flexibility index (Phi) is 3.87. The second kappa shape index (κ2) is 5.96. The third-order valence-corrected chi connectivity index (χ3v) is 3.71. The van der Waals surface area contributed by atoms with Crippen molar-refractivity contribution in [3.05, 3.63) is 48.3 Å². The van der Waals surface area contributed by atoms with Gasteiger partial charge in [0.1, 0.15) is 11.6 Å². The molecule has 102 valence electrons. The molecule has 0 unspecified atom stereocenters. The molecule has 1 heterocycles. The number of rotatable bonds is 5. The summed E-state index contributed by atoms with van der Waals surface area (Å²) in [6.45, 7) is 2.52. The lowest BCUT2D eigenvalue weighted by Gasteiger charge is -2.08. The third-order valence-electron chi connectivity index (χ3n) is 2.90. The molecule has 0 radical (unpaired) electrons. The molecule has 0 atom stereocenters. The van der Waals surface area contributed by atoms with Crippen molar-refractivity contribution in [2.45, 2.75) is 12.1 Å². The molecular weight excluding hydrogens is 270 g/mol. The van der Waals surface area contributed by atoms with E-state index in [0.29, 0.717) is 6.61 Å². The molecule has 0 aliphatic rings. The smallest absolute Gasteiger partial charge is 0.208 e. The summed E-state index contributed by atoms with van der Waals surface area (Å²) >= 11 is 1.59. The van der Waals surface area contributed by atoms with Gasteiger partial charge in [0.2, 0.25) is 5.16 Å². The Hall–Kier alpha value is -2.01. The molecule has 1 aromatic heterocycles. The maximum absolute atomic E-state index is 5.86. The number of nitrogens with zero attached hydrogens (tertiary/aromatic N) is 2. The summed E-state index contributed by atoms with van der Waals surface area (Å²) in [5, 5.41) is 10.0. The largest absolute Gasteiger partial charge is 0.492 e. The number of benzene rings is 2. The molecule has 0 saturated heterocycles. The van der Waals surface area contributed by atoms with Crippen molar-refractivity contribution in [3.8, 4) is 5.75 Å². The Balaban J connectivity index is 1.60. The first-order chi connectivity index (χ1) is 9.83. The van der Waals surface area contributed by atoms with Gasteiger partial charge in [0.25, 0.3) is 0 Å². The van der Waals surface area contributed by atoms with Crippen LogP contribution in [0.2, 0.25) is 0 Å². The molecule has 3 rings (SSSR count). The number of thioether (sulfide) groups is 1. The van der Waals surface area contributed by atoms with Gasteiger partial charge in [0.05, 0.1) is 6.61 Å². The average Bonchev–Trinajstić information content (AvgIpc) is 2.89. The predicted molar refractivity (Wildman–Crippen MR) is 81.3 cm³/mol. The Morgan fingerprint density at radius 1 is 1.15 bits per heavy atom. The maximum atomic E-state index is 5.86. The highest BCUT2D eigenvalue weighted by Crippen LogP contribution is 2.25. The maximum Gasteiger partial charge on any atom is 0.208 e. The number of aryl methyl sites for hydroxylation is 1. The number of fused-ring (bicyclic) bond motifs is 1. The zero-order valence-electron chi connectivity index (χ0n) is 11.2. The first-order valence-electron chi connectivity index (χ1n) is 6.45. The fourth-order valence-corrected chi connectivity index (χ4v) is 2.65. The summed E-state index contributed by atoms with van der Waals surface area (Å²) in [7, 11) is 0. The zero-order chi connectivity index (χ0) is 13.8. The molecular formula is C15H15N3OS. The van der Waals surface area contributed by atoms with Crippen LogP contribution in [0.3, 0.4) is 0 Å². The van der Waals surface area contributed by atoms with Crippen LogP contribution in [0.5, 0.6) is 5.75 Å². The molecule has 0 fully saturated rings. The number of hydrogen-bond donors (Lipinski definition) is 1. The minimum atomic E-state index is 0.631. The lowest BCUT2D eigenvalue weighted by Crippen LogP contribution is -2.00. The molecule has 0 aliphatic carbocycles. The van der Waals surface area contributed by atoms with Gasteiger partial charge < -0.3 is 4.74 Å². The predicted octanol–water partition coefficient (Wildman–Crippen LogP) is 3.44. The van der Waals surface area contributed by atoms with Gasteiger partial charge in [-0.25, -0.2) is 4.98 Å². The SMILES string of the molecule is Cc1nc(SCCOc2cccc3ccccc23)n[nH]1. The summed E-state index contributed by atoms with van der Waals surface area (Å²) in [4.78, 5) is 4.25. The van der Waals surface area contributed by atoms with Crippen molar-refractivity contribution in [3.63, 3.8) is 0 Å². The van der Waals surface area contributed by atoms with Crippen LogP contribution in [0, 0.1) is 6.92 Å². The summed E-state index contributed by atoms with van der Waals surface area (Å²) in [5.74, 6) is 2.58. The minimum absolute atomic E-state index is 0.631. The molecule has 0 amide bonds. The molecule has 4 nitrogen and oxygen atoms in total. The highest BCUT2D eigenvalue weighted by molar-refractivity contribution is 7.99. The fourth-order valence-electron chi connectivity index (χ4n) is 1.99. The van der Waals surface area contributed by atoms with Gasteiger partial charge in [0, 0.05) is 11.1 Å². The zero-order valence-corrected chi connectivity index (χ0v) is 12.0. The standard InChI is InChI=1S/C15H15N3OS/c1-11-16-15(18-17-11)20-10-9-19-14-8-4-6-12-5-2-3-7-13(12)14/h2-8H,9-10H2,1H3,(H,16,17,18). The number of aromatic amines is 1. The Bertz CT molecular complexity index is 706. The summed E-state index contributed by atoms with van der Waals surface area (Å²) in [6, 6.07) is 14.3. The van der Waals surface area contributed by atoms with E-state index in [1.54, 1.807) is 11.8 Å². The van der Waals surface area contributed by atoms with E-state index in [1.807, 2.05) is 31.2 Å². The number of nitrogens with one attached hydrogen (secondary N) is 1. The van der Waals surface area contributed by atoms with E-state index < -0.39 is 0 Å². The molecule has 3 aromatic rings. The fraction of sp³-hybridized carbons (Fsp3) is 0.200. The number of hydrogen-bond acceptors (Lipinski definition) is 4. The van der Waals surface area contributed by atoms with Crippen LogP contribution in [0.1, 0.15) is 5.82 Å². The molecule has 5 heteroatoms. The van der Waals surface area contributed by atoms with Crippen molar-refractivity contribution < 1.29 is 4.74 Å². The number of ether oxygens (including phenoxy) is 1. The van der Waals surface area contributed by atoms with E-state index >= 15 is 0 Å². The monoisotopic (exact) mass is 285 g/mol. The molecule has 20 heavy (non-hydrogen) atoms. The Morgan fingerprint density at radius 3 is 2.85 bits per heavy atom. The van der Waals surface area contributed by atoms with Crippen LogP contribution < -0.4 is 4.74 Å². The molecule has 2 aromatic carbocycles. The van der Waals surface area contributed by atoms with Crippen LogP contribution in [-0.2, 0) is 0 Å². The highest BCUT2D eigenvalue weighted by Gasteiger charge is 2.03. The van der Waals surface area contributed by atoms with Gasteiger partial charge in [-0.2, -0.15) is 0 Å². The Morgan fingerprint density at radius 2 is 2.00 bits per heavy atom. The van der Waals surface area contributed by atoms with Gasteiger partial charge in [0.15, 0.2) is 0 Å². The van der Waals surface area contributed by atoms with Gasteiger partial charge in [-0.15, -0.1) is 5.10 Å². The van der Waals surface area contributed by atoms with E-state index in [1.165, 1.54) is 5.39 Å². The van der Waals surface area contributed by atoms with Crippen molar-refractivity contribution in [2.75, 3.05) is 12.4 Å². The normalized spacial score (nSPS) is 10.8. The minimum Gasteiger partial charge on any atom is -0.492 e. The molecule has 0 spiro atoms. The number of aromatic nitrogens is 3.